The third-order valence-electron chi connectivity index (χ3n) is 20.8. The van der Waals surface area contributed by atoms with Crippen molar-refractivity contribution < 1.29 is 165 Å². The fourth-order valence-corrected chi connectivity index (χ4v) is 18.9. The summed E-state index contributed by atoms with van der Waals surface area (Å²) in [4.78, 5) is 164. The van der Waals surface area contributed by atoms with Gasteiger partial charge in [-0.3, -0.25) is 57.3 Å². The third-order valence-corrected chi connectivity index (χ3v) is 25.6. The highest BCUT2D eigenvalue weighted by molar-refractivity contribution is 8.24. The molecule has 17 N–H and O–H groups in total. The SMILES string of the molecule is C=P(O)(O[C@H]1C[C@H](C)O[C@@H]1COP(C)(=O)O)PC[C@@H]1C[C@@H](O)CC1C(=O)CCC(=O)NC(CCCCC(=O)NCCC(=O)CCO[C@@H]1OC(CO)[C@H](O)[C@H](O)C1NC(C)=O)(COCCC(=O)CCCC(=O)CCO[C@@H]1OC(CO)[C@H](O)[C@H](O)C1NC(C)=O)COCCC(=O)CCCC(=O)CCO[C@@H]1CC(CO)[C@H](O)[C@H](O)C1NC(C)=O. The van der Waals surface area contributed by atoms with Crippen molar-refractivity contribution in [3.63, 3.8) is 0 Å². The minimum absolute atomic E-state index is 0.0144. The van der Waals surface area contributed by atoms with E-state index in [9.17, 15) is 118 Å². The Balaban J connectivity index is 1.25. The fourth-order valence-electron chi connectivity index (χ4n) is 14.6. The minimum atomic E-state index is -3.88. The molecule has 11 unspecified atom stereocenters. The summed E-state index contributed by atoms with van der Waals surface area (Å²) in [6.45, 7) is 2.49. The van der Waals surface area contributed by atoms with E-state index in [1.54, 1.807) is 6.92 Å². The quantitative estimate of drug-likeness (QED) is 0.0223. The van der Waals surface area contributed by atoms with Gasteiger partial charge in [-0.05, 0) is 78.5 Å². The molecule has 25 atom stereocenters. The third kappa shape index (κ3) is 36.2. The summed E-state index contributed by atoms with van der Waals surface area (Å²) in [5, 5.41) is 116. The zero-order valence-corrected chi connectivity index (χ0v) is 69.6. The second-order valence-electron chi connectivity index (χ2n) is 30.8. The Morgan fingerprint density at radius 3 is 1.47 bits per heavy atom. The van der Waals surface area contributed by atoms with Gasteiger partial charge < -0.3 is 134 Å². The van der Waals surface area contributed by atoms with E-state index in [0.717, 1.165) is 6.66 Å². The van der Waals surface area contributed by atoms with Gasteiger partial charge in [0.15, 0.2) is 12.6 Å². The minimum Gasteiger partial charge on any atom is -0.396 e. The number of ether oxygens (including phenoxy) is 8. The maximum Gasteiger partial charge on any atom is 0.325 e. The van der Waals surface area contributed by atoms with Gasteiger partial charge in [0, 0.05) is 142 Å². The van der Waals surface area contributed by atoms with E-state index >= 15 is 0 Å². The van der Waals surface area contributed by atoms with Gasteiger partial charge in [-0.2, -0.15) is 0 Å². The Hall–Kier alpha value is -4.55. The number of rotatable bonds is 57. The lowest BCUT2D eigenvalue weighted by Gasteiger charge is -2.42. The molecule has 0 radical (unpaired) electrons. The first-order chi connectivity index (χ1) is 54.8. The number of hydrogen-bond acceptors (Lipinski definition) is 33. The van der Waals surface area contributed by atoms with E-state index in [2.05, 4.69) is 32.9 Å². The van der Waals surface area contributed by atoms with Crippen LogP contribution in [0.3, 0.4) is 0 Å². The predicted molar refractivity (Wildman–Crippen MR) is 413 cm³/mol. The van der Waals surface area contributed by atoms with Crippen molar-refractivity contribution in [2.45, 2.75) is 285 Å². The molecule has 0 aromatic rings. The van der Waals surface area contributed by atoms with Crippen LogP contribution in [-0.2, 0) is 104 Å². The normalized spacial score (nSPS) is 30.3. The standard InChI is InChI=1S/C74H126N5O34P3/c1-42-31-56(60(110-42)38-109-115(5,101)102)113-116(6,103)114-39-47-32-53(91)34-54(47)55(92)16-17-62(94)79-74(24-8-7-15-61(93)75-25-18-52(90)23-30-108-73-65(78-45(4)85)71(100)68(97)59(37-82)112-73,40-104-26-19-48(86)11-9-13-50(88)21-28-106-57-33-46(35-80)66(95)69(98)63(57)76-43(2)83)41-105-27-20-49(87)12-10-14-51(89)22-29-107-72-64(77-44(3)84)70(99)67(96)58(36-81)111-72/h42,46-47,53-54,56-60,63-73,80-82,91,95-100,103,114H,6-41H2,1-5H3,(H,75,93)(H,76,83)(H,77,84)(H,78,85)(H,79,94)(H,101,102)/t42-,46?,47-,53+,54?,56-,57+,58?,59?,60+,63?,64?,65?,66-,67-,68-,69+,70+,71+,72+,73+,74?,116?/m0/s1. The summed E-state index contributed by atoms with van der Waals surface area (Å²) in [5.41, 5.74) is -1.49. The van der Waals surface area contributed by atoms with Gasteiger partial charge in [-0.25, -0.2) is 0 Å². The molecule has 666 valence electrons. The van der Waals surface area contributed by atoms with Crippen molar-refractivity contribution in [1.82, 2.24) is 26.6 Å². The lowest BCUT2D eigenvalue weighted by molar-refractivity contribution is -0.269. The van der Waals surface area contributed by atoms with Gasteiger partial charge in [-0.1, -0.05) is 6.42 Å². The summed E-state index contributed by atoms with van der Waals surface area (Å²) in [7, 11) is -7.58. The van der Waals surface area contributed by atoms with Gasteiger partial charge >= 0.3 is 7.60 Å². The first kappa shape index (κ1) is 102. The molecule has 39 nitrogen and oxygen atoms in total. The van der Waals surface area contributed by atoms with Crippen molar-refractivity contribution in [2.75, 3.05) is 92.0 Å². The van der Waals surface area contributed by atoms with Crippen molar-refractivity contribution in [1.29, 1.82) is 0 Å². The average molecular weight is 1720 g/mol. The predicted octanol–water partition coefficient (Wildman–Crippen LogP) is -2.38. The maximum atomic E-state index is 14.4. The molecule has 2 saturated carbocycles. The second-order valence-corrected chi connectivity index (χ2v) is 38.0. The number of nitrogens with one attached hydrogen (secondary N) is 5. The summed E-state index contributed by atoms with van der Waals surface area (Å²) in [6, 6.07) is -3.46. The van der Waals surface area contributed by atoms with Crippen molar-refractivity contribution in [3.8, 4) is 0 Å². The molecule has 3 saturated heterocycles. The van der Waals surface area contributed by atoms with Crippen LogP contribution in [0.4, 0.5) is 0 Å². The summed E-state index contributed by atoms with van der Waals surface area (Å²) < 4.78 is 69.5. The maximum absolute atomic E-state index is 14.4. The molecule has 0 aromatic heterocycles. The Kier molecular flexibility index (Phi) is 45.2. The number of aliphatic hydroxyl groups is 10. The molecule has 5 fully saturated rings. The highest BCUT2D eigenvalue weighted by Gasteiger charge is 2.49. The molecular formula is C74H126N5O34P3. The molecule has 0 bridgehead atoms. The summed E-state index contributed by atoms with van der Waals surface area (Å²) in [5.74, 6) is -6.54. The van der Waals surface area contributed by atoms with Crippen molar-refractivity contribution >= 4 is 93.4 Å². The van der Waals surface area contributed by atoms with Gasteiger partial charge in [0.2, 0.25) is 29.5 Å². The van der Waals surface area contributed by atoms with E-state index in [1.165, 1.54) is 20.8 Å². The lowest BCUT2D eigenvalue weighted by atomic mass is 9.79. The molecule has 116 heavy (non-hydrogen) atoms. The van der Waals surface area contributed by atoms with E-state index in [-0.39, 0.29) is 249 Å². The molecule has 0 spiro atoms. The number of unbranched alkanes of at least 4 members (excludes halogenated alkanes) is 1. The lowest BCUT2D eigenvalue weighted by Crippen LogP contribution is -2.64. The van der Waals surface area contributed by atoms with Crippen LogP contribution >= 0.6 is 22.9 Å². The number of hydrogen-bond donors (Lipinski definition) is 17. The van der Waals surface area contributed by atoms with Crippen LogP contribution in [0.15, 0.2) is 0 Å². The molecule has 5 aliphatic rings. The molecule has 5 rings (SSSR count). The number of carbonyl (C=O) groups excluding carboxylic acids is 11. The zero-order chi connectivity index (χ0) is 86.0. The highest BCUT2D eigenvalue weighted by Crippen LogP contribution is 2.64. The average Bonchev–Trinajstić information content (AvgIpc) is 1.13. The van der Waals surface area contributed by atoms with Gasteiger partial charge in [-0.15, -0.1) is 0 Å². The monoisotopic (exact) mass is 1720 g/mol. The molecule has 2 aliphatic carbocycles. The molecule has 3 heterocycles. The van der Waals surface area contributed by atoms with Crippen LogP contribution in [0.2, 0.25) is 0 Å². The largest absolute Gasteiger partial charge is 0.396 e. The van der Waals surface area contributed by atoms with Gasteiger partial charge in [0.1, 0.15) is 103 Å². The Morgan fingerprint density at radius 1 is 0.500 bits per heavy atom. The van der Waals surface area contributed by atoms with Crippen LogP contribution in [0.1, 0.15) is 169 Å². The Morgan fingerprint density at radius 2 is 0.983 bits per heavy atom. The van der Waals surface area contributed by atoms with E-state index in [1.807, 2.05) is 0 Å². The number of carbonyl (C=O) groups is 11. The molecule has 5 amide bonds. The van der Waals surface area contributed by atoms with Crippen LogP contribution < -0.4 is 26.6 Å². The van der Waals surface area contributed by atoms with Crippen LogP contribution in [0, 0.1) is 17.8 Å². The molecule has 42 heteroatoms. The molecule has 3 aliphatic heterocycles. The fraction of sp³-hybridized carbons (Fsp3) is 0.838. The summed E-state index contributed by atoms with van der Waals surface area (Å²) in [6.07, 6.45) is -14.0. The number of amides is 5. The topological polar surface area (TPSA) is 600 Å². The summed E-state index contributed by atoms with van der Waals surface area (Å²) >= 11 is 0. The van der Waals surface area contributed by atoms with E-state index < -0.39 is 191 Å². The van der Waals surface area contributed by atoms with Gasteiger partial charge in [0.05, 0.1) is 108 Å². The van der Waals surface area contributed by atoms with Crippen LogP contribution in [0.5, 0.6) is 0 Å². The number of ketones is 6. The van der Waals surface area contributed by atoms with Crippen molar-refractivity contribution in [2.24, 2.45) is 17.8 Å². The molecule has 0 aromatic carbocycles. The van der Waals surface area contributed by atoms with Crippen LogP contribution in [0.25, 0.3) is 0 Å². The van der Waals surface area contributed by atoms with Crippen LogP contribution in [-0.4, -0.2) is 339 Å². The molecular weight excluding hydrogens is 1600 g/mol. The van der Waals surface area contributed by atoms with Crippen molar-refractivity contribution in [3.05, 3.63) is 0 Å². The highest BCUT2D eigenvalue weighted by atomic mass is 32.1. The number of Topliss-reactive ketones (excluding diaryl/α,β-unsaturated/α-hetero) is 6. The van der Waals surface area contributed by atoms with Gasteiger partial charge in [0.25, 0.3) is 0 Å². The Labute approximate surface area is 676 Å². The van der Waals surface area contributed by atoms with E-state index in [4.69, 9.17) is 46.9 Å². The second kappa shape index (κ2) is 51.4. The number of aliphatic hydroxyl groups excluding tert-OH is 10. The zero-order valence-electron chi connectivity index (χ0n) is 66.8. The first-order valence-corrected chi connectivity index (χ1v) is 45.6. The van der Waals surface area contributed by atoms with E-state index in [0.29, 0.717) is 6.42 Å². The smallest absolute Gasteiger partial charge is 0.325 e. The first-order valence-electron chi connectivity index (χ1n) is 39.7. The Bertz CT molecular complexity index is 3020.